The molecule has 0 aromatic heterocycles. The van der Waals surface area contributed by atoms with E-state index in [0.717, 1.165) is 63.7 Å². The van der Waals surface area contributed by atoms with Gasteiger partial charge in [0.1, 0.15) is 0 Å². The minimum Gasteiger partial charge on any atom is -0.339 e. The molecule has 1 aromatic carbocycles. The van der Waals surface area contributed by atoms with Crippen molar-refractivity contribution in [3.05, 3.63) is 35.9 Å². The Labute approximate surface area is 193 Å². The first-order valence-electron chi connectivity index (χ1n) is 12.7. The molecule has 0 radical (unpaired) electrons. The second-order valence-corrected chi connectivity index (χ2v) is 9.73. The summed E-state index contributed by atoms with van der Waals surface area (Å²) in [4.78, 5) is 35.3. The quantitative estimate of drug-likeness (QED) is 0.654. The Morgan fingerprint density at radius 1 is 0.844 bits per heavy atom. The third-order valence-corrected chi connectivity index (χ3v) is 8.22. The van der Waals surface area contributed by atoms with Crippen LogP contribution in [-0.4, -0.2) is 96.4 Å². The molecule has 2 saturated heterocycles. The standard InChI is InChI=1S/C26H40N4O2/c1-3-26(4-2,22-9-6-5-7-10-22)25(32)30-15-13-27(14-16-30)21-24(31)29-19-17-28(18-20-29)23-11-8-12-23/h5-7,9-10,23H,3-4,8,11-21H2,1-2H3. The molecule has 0 unspecified atom stereocenters. The van der Waals surface area contributed by atoms with Gasteiger partial charge in [0, 0.05) is 58.4 Å². The van der Waals surface area contributed by atoms with Crippen LogP contribution in [0.4, 0.5) is 0 Å². The number of nitrogens with zero attached hydrogens (tertiary/aromatic N) is 4. The Bertz CT molecular complexity index is 759. The molecule has 32 heavy (non-hydrogen) atoms. The molecule has 2 amide bonds. The fraction of sp³-hybridized carbons (Fsp3) is 0.692. The summed E-state index contributed by atoms with van der Waals surface area (Å²) in [5, 5.41) is 0. The molecule has 0 spiro atoms. The third-order valence-electron chi connectivity index (χ3n) is 8.22. The third kappa shape index (κ3) is 4.72. The molecular formula is C26H40N4O2. The first kappa shape index (κ1) is 23.2. The summed E-state index contributed by atoms with van der Waals surface area (Å²) in [6, 6.07) is 11.0. The predicted molar refractivity (Wildman–Crippen MR) is 128 cm³/mol. The van der Waals surface area contributed by atoms with Gasteiger partial charge >= 0.3 is 0 Å². The number of amides is 2. The van der Waals surface area contributed by atoms with E-state index in [1.807, 2.05) is 28.0 Å². The average Bonchev–Trinajstić information content (AvgIpc) is 2.81. The number of benzene rings is 1. The molecule has 3 aliphatic rings. The molecule has 6 heteroatoms. The van der Waals surface area contributed by atoms with Crippen molar-refractivity contribution in [2.75, 3.05) is 58.9 Å². The predicted octanol–water partition coefficient (Wildman–Crippen LogP) is 2.59. The van der Waals surface area contributed by atoms with Gasteiger partial charge in [0.2, 0.25) is 11.8 Å². The molecule has 2 heterocycles. The van der Waals surface area contributed by atoms with E-state index in [0.29, 0.717) is 19.6 Å². The lowest BCUT2D eigenvalue weighted by Gasteiger charge is -2.44. The van der Waals surface area contributed by atoms with Crippen molar-refractivity contribution in [1.82, 2.24) is 19.6 Å². The van der Waals surface area contributed by atoms with Crippen LogP contribution in [0, 0.1) is 0 Å². The van der Waals surface area contributed by atoms with Crippen molar-refractivity contribution in [3.63, 3.8) is 0 Å². The fourth-order valence-electron chi connectivity index (χ4n) is 5.63. The van der Waals surface area contributed by atoms with Crippen LogP contribution in [0.5, 0.6) is 0 Å². The van der Waals surface area contributed by atoms with Crippen LogP contribution in [0.1, 0.15) is 51.5 Å². The van der Waals surface area contributed by atoms with Crippen LogP contribution in [0.3, 0.4) is 0 Å². The van der Waals surface area contributed by atoms with Crippen molar-refractivity contribution >= 4 is 11.8 Å². The lowest BCUT2D eigenvalue weighted by molar-refractivity contribution is -0.140. The van der Waals surface area contributed by atoms with Gasteiger partial charge in [-0.2, -0.15) is 0 Å². The number of piperazine rings is 2. The van der Waals surface area contributed by atoms with Gasteiger partial charge in [0.15, 0.2) is 0 Å². The first-order chi connectivity index (χ1) is 15.6. The highest BCUT2D eigenvalue weighted by molar-refractivity contribution is 5.88. The van der Waals surface area contributed by atoms with Crippen molar-refractivity contribution in [2.45, 2.75) is 57.4 Å². The van der Waals surface area contributed by atoms with E-state index in [1.165, 1.54) is 19.3 Å². The maximum atomic E-state index is 13.6. The van der Waals surface area contributed by atoms with Gasteiger partial charge in [-0.1, -0.05) is 50.6 Å². The molecule has 0 bridgehead atoms. The van der Waals surface area contributed by atoms with Gasteiger partial charge in [-0.25, -0.2) is 0 Å². The van der Waals surface area contributed by atoms with Gasteiger partial charge in [0.05, 0.1) is 12.0 Å². The van der Waals surface area contributed by atoms with Crippen LogP contribution in [0.2, 0.25) is 0 Å². The molecule has 1 aromatic rings. The summed E-state index contributed by atoms with van der Waals surface area (Å²) in [7, 11) is 0. The summed E-state index contributed by atoms with van der Waals surface area (Å²) in [6.45, 7) is 11.4. The van der Waals surface area contributed by atoms with Gasteiger partial charge in [0.25, 0.3) is 0 Å². The van der Waals surface area contributed by atoms with Gasteiger partial charge in [-0.3, -0.25) is 19.4 Å². The Morgan fingerprint density at radius 3 is 1.97 bits per heavy atom. The zero-order chi connectivity index (χ0) is 22.6. The van der Waals surface area contributed by atoms with E-state index < -0.39 is 5.41 Å². The Kier molecular flexibility index (Phi) is 7.51. The monoisotopic (exact) mass is 440 g/mol. The molecule has 1 aliphatic carbocycles. The number of hydrogen-bond donors (Lipinski definition) is 0. The number of rotatable bonds is 7. The summed E-state index contributed by atoms with van der Waals surface area (Å²) in [5.74, 6) is 0.491. The van der Waals surface area contributed by atoms with E-state index >= 15 is 0 Å². The van der Waals surface area contributed by atoms with Gasteiger partial charge in [-0.15, -0.1) is 0 Å². The highest BCUT2D eigenvalue weighted by atomic mass is 16.2. The van der Waals surface area contributed by atoms with Crippen molar-refractivity contribution in [3.8, 4) is 0 Å². The minimum absolute atomic E-state index is 0.242. The molecule has 3 fully saturated rings. The second kappa shape index (κ2) is 10.3. The first-order valence-corrected chi connectivity index (χ1v) is 12.7. The highest BCUT2D eigenvalue weighted by Gasteiger charge is 2.40. The topological polar surface area (TPSA) is 47.1 Å². The van der Waals surface area contributed by atoms with Gasteiger partial charge in [-0.05, 0) is 31.2 Å². The van der Waals surface area contributed by atoms with Gasteiger partial charge < -0.3 is 9.80 Å². The maximum Gasteiger partial charge on any atom is 0.236 e. The Morgan fingerprint density at radius 2 is 1.44 bits per heavy atom. The van der Waals surface area contributed by atoms with E-state index in [1.54, 1.807) is 0 Å². The van der Waals surface area contributed by atoms with Crippen molar-refractivity contribution in [1.29, 1.82) is 0 Å². The summed E-state index contributed by atoms with van der Waals surface area (Å²) in [5.41, 5.74) is 0.674. The lowest BCUT2D eigenvalue weighted by Crippen LogP contribution is -2.57. The molecule has 2 aliphatic heterocycles. The number of carbonyl (C=O) groups is 2. The van der Waals surface area contributed by atoms with Crippen LogP contribution < -0.4 is 0 Å². The summed E-state index contributed by atoms with van der Waals surface area (Å²) in [6.07, 6.45) is 5.63. The van der Waals surface area contributed by atoms with E-state index in [2.05, 4.69) is 35.8 Å². The molecule has 0 N–H and O–H groups in total. The van der Waals surface area contributed by atoms with E-state index in [4.69, 9.17) is 0 Å². The highest BCUT2D eigenvalue weighted by Crippen LogP contribution is 2.34. The maximum absolute atomic E-state index is 13.6. The zero-order valence-corrected chi connectivity index (χ0v) is 20.0. The van der Waals surface area contributed by atoms with Crippen molar-refractivity contribution < 1.29 is 9.59 Å². The lowest BCUT2D eigenvalue weighted by atomic mass is 9.74. The molecule has 4 rings (SSSR count). The smallest absolute Gasteiger partial charge is 0.236 e. The summed E-state index contributed by atoms with van der Waals surface area (Å²) >= 11 is 0. The minimum atomic E-state index is -0.445. The number of carbonyl (C=O) groups excluding carboxylic acids is 2. The molecule has 1 saturated carbocycles. The largest absolute Gasteiger partial charge is 0.339 e. The Balaban J connectivity index is 1.27. The van der Waals surface area contributed by atoms with Crippen molar-refractivity contribution in [2.24, 2.45) is 0 Å². The van der Waals surface area contributed by atoms with Crippen LogP contribution >= 0.6 is 0 Å². The SMILES string of the molecule is CCC(CC)(C(=O)N1CCN(CC(=O)N2CCN(C3CCC3)CC2)CC1)c1ccccc1. The molecule has 6 nitrogen and oxygen atoms in total. The van der Waals surface area contributed by atoms with Crippen LogP contribution in [0.25, 0.3) is 0 Å². The average molecular weight is 441 g/mol. The molecular weight excluding hydrogens is 400 g/mol. The number of hydrogen-bond acceptors (Lipinski definition) is 4. The normalized spacial score (nSPS) is 21.4. The molecule has 176 valence electrons. The molecule has 0 atom stereocenters. The second-order valence-electron chi connectivity index (χ2n) is 9.73. The van der Waals surface area contributed by atoms with E-state index in [-0.39, 0.29) is 11.8 Å². The summed E-state index contributed by atoms with van der Waals surface area (Å²) < 4.78 is 0. The van der Waals surface area contributed by atoms with Crippen LogP contribution in [0.15, 0.2) is 30.3 Å². The fourth-order valence-corrected chi connectivity index (χ4v) is 5.63. The Hall–Kier alpha value is -1.92. The van der Waals surface area contributed by atoms with Crippen LogP contribution in [-0.2, 0) is 15.0 Å². The van der Waals surface area contributed by atoms with E-state index in [9.17, 15) is 9.59 Å². The zero-order valence-electron chi connectivity index (χ0n) is 20.0.